The Morgan fingerprint density at radius 1 is 1.58 bits per heavy atom. The second-order valence-corrected chi connectivity index (χ2v) is 4.81. The SMILES string of the molecule is COc1coc(CN2CC[C@H](CO)[C@H](O)C2)cc1=O. The Labute approximate surface area is 111 Å². The van der Waals surface area contributed by atoms with Crippen LogP contribution in [0.5, 0.6) is 5.75 Å². The summed E-state index contributed by atoms with van der Waals surface area (Å²) < 4.78 is 10.2. The average Bonchev–Trinajstić information content (AvgIpc) is 2.39. The topological polar surface area (TPSA) is 83.1 Å². The molecule has 6 nitrogen and oxygen atoms in total. The molecular weight excluding hydrogens is 250 g/mol. The first-order chi connectivity index (χ1) is 9.13. The van der Waals surface area contributed by atoms with E-state index in [-0.39, 0.29) is 23.7 Å². The van der Waals surface area contributed by atoms with Crippen LogP contribution in [0.4, 0.5) is 0 Å². The largest absolute Gasteiger partial charge is 0.490 e. The molecule has 2 rings (SSSR count). The van der Waals surface area contributed by atoms with Crippen LogP contribution >= 0.6 is 0 Å². The normalized spacial score (nSPS) is 24.4. The number of ether oxygens (including phenoxy) is 1. The minimum absolute atomic E-state index is 0.00657. The van der Waals surface area contributed by atoms with Crippen LogP contribution in [0.1, 0.15) is 12.2 Å². The van der Waals surface area contributed by atoms with E-state index in [4.69, 9.17) is 14.3 Å². The van der Waals surface area contributed by atoms with Crippen LogP contribution in [0.25, 0.3) is 0 Å². The van der Waals surface area contributed by atoms with Gasteiger partial charge in [-0.15, -0.1) is 0 Å². The van der Waals surface area contributed by atoms with Gasteiger partial charge < -0.3 is 19.4 Å². The molecule has 2 N–H and O–H groups in total. The molecule has 0 spiro atoms. The number of aliphatic hydroxyl groups is 2. The van der Waals surface area contributed by atoms with Crippen molar-refractivity contribution in [2.24, 2.45) is 5.92 Å². The molecule has 0 radical (unpaired) electrons. The maximum absolute atomic E-state index is 11.6. The summed E-state index contributed by atoms with van der Waals surface area (Å²) in [6, 6.07) is 1.41. The second-order valence-electron chi connectivity index (χ2n) is 4.81. The van der Waals surface area contributed by atoms with E-state index < -0.39 is 6.10 Å². The molecule has 0 unspecified atom stereocenters. The zero-order valence-electron chi connectivity index (χ0n) is 10.9. The highest BCUT2D eigenvalue weighted by Gasteiger charge is 2.27. The second kappa shape index (κ2) is 6.18. The number of nitrogens with zero attached hydrogens (tertiary/aromatic N) is 1. The van der Waals surface area contributed by atoms with Crippen LogP contribution in [0, 0.1) is 5.92 Å². The van der Waals surface area contributed by atoms with Crippen molar-refractivity contribution in [3.05, 3.63) is 28.3 Å². The summed E-state index contributed by atoms with van der Waals surface area (Å²) in [6.45, 7) is 1.71. The summed E-state index contributed by atoms with van der Waals surface area (Å²) in [5.41, 5.74) is -0.213. The molecule has 1 aliphatic heterocycles. The molecule has 1 saturated heterocycles. The van der Waals surface area contributed by atoms with Crippen LogP contribution in [0.2, 0.25) is 0 Å². The van der Waals surface area contributed by atoms with Gasteiger partial charge in [-0.05, 0) is 13.0 Å². The Morgan fingerprint density at radius 2 is 2.37 bits per heavy atom. The van der Waals surface area contributed by atoms with Gasteiger partial charge in [0.1, 0.15) is 12.0 Å². The third kappa shape index (κ3) is 3.34. The Balaban J connectivity index is 1.98. The zero-order valence-corrected chi connectivity index (χ0v) is 10.9. The van der Waals surface area contributed by atoms with E-state index in [1.165, 1.54) is 19.4 Å². The quantitative estimate of drug-likeness (QED) is 0.789. The molecule has 0 aliphatic carbocycles. The van der Waals surface area contributed by atoms with Gasteiger partial charge >= 0.3 is 0 Å². The third-order valence-electron chi connectivity index (χ3n) is 3.49. The summed E-state index contributed by atoms with van der Waals surface area (Å²) >= 11 is 0. The lowest BCUT2D eigenvalue weighted by molar-refractivity contribution is -0.00639. The fourth-order valence-electron chi connectivity index (χ4n) is 2.29. The first kappa shape index (κ1) is 14.0. The molecular formula is C13H19NO5. The average molecular weight is 269 g/mol. The highest BCUT2D eigenvalue weighted by atomic mass is 16.5. The molecule has 1 fully saturated rings. The molecule has 2 heterocycles. The predicted octanol–water partition coefficient (Wildman–Crippen LogP) is -0.176. The number of rotatable bonds is 4. The van der Waals surface area contributed by atoms with Gasteiger partial charge in [0.05, 0.1) is 19.8 Å². The Kier molecular flexibility index (Phi) is 4.57. The van der Waals surface area contributed by atoms with E-state index in [9.17, 15) is 9.90 Å². The minimum atomic E-state index is -0.538. The summed E-state index contributed by atoms with van der Waals surface area (Å²) in [4.78, 5) is 13.6. The number of likely N-dealkylation sites (tertiary alicyclic amines) is 1. The zero-order chi connectivity index (χ0) is 13.8. The monoisotopic (exact) mass is 269 g/mol. The standard InChI is InChI=1S/C13H19NO5/c1-18-13-8-19-10(4-11(13)16)5-14-3-2-9(7-15)12(17)6-14/h4,8-9,12,15,17H,2-3,5-7H2,1H3/t9-,12-/m1/s1. The lowest BCUT2D eigenvalue weighted by Crippen LogP contribution is -2.44. The lowest BCUT2D eigenvalue weighted by atomic mass is 9.95. The number of methoxy groups -OCH3 is 1. The minimum Gasteiger partial charge on any atom is -0.490 e. The van der Waals surface area contributed by atoms with E-state index in [0.29, 0.717) is 18.8 Å². The van der Waals surface area contributed by atoms with Gasteiger partial charge in [0.25, 0.3) is 0 Å². The van der Waals surface area contributed by atoms with E-state index in [1.54, 1.807) is 0 Å². The Morgan fingerprint density at radius 3 is 2.95 bits per heavy atom. The number of aliphatic hydroxyl groups excluding tert-OH is 2. The number of hydrogen-bond donors (Lipinski definition) is 2. The van der Waals surface area contributed by atoms with Gasteiger partial charge in [-0.1, -0.05) is 0 Å². The van der Waals surface area contributed by atoms with E-state index >= 15 is 0 Å². The molecule has 2 atom stereocenters. The number of hydrogen-bond acceptors (Lipinski definition) is 6. The lowest BCUT2D eigenvalue weighted by Gasteiger charge is -2.34. The summed E-state index contributed by atoms with van der Waals surface area (Å²) in [5.74, 6) is 0.669. The molecule has 19 heavy (non-hydrogen) atoms. The molecule has 1 aromatic rings. The van der Waals surface area contributed by atoms with Crippen molar-refractivity contribution in [2.45, 2.75) is 19.1 Å². The molecule has 0 aromatic carbocycles. The van der Waals surface area contributed by atoms with Gasteiger partial charge in [0, 0.05) is 25.1 Å². The smallest absolute Gasteiger partial charge is 0.227 e. The number of piperidine rings is 1. The molecule has 6 heteroatoms. The van der Waals surface area contributed by atoms with E-state index in [2.05, 4.69) is 0 Å². The van der Waals surface area contributed by atoms with Crippen molar-refractivity contribution >= 4 is 0 Å². The molecule has 106 valence electrons. The third-order valence-corrected chi connectivity index (χ3v) is 3.49. The van der Waals surface area contributed by atoms with Gasteiger partial charge in [0.15, 0.2) is 0 Å². The fourth-order valence-corrected chi connectivity index (χ4v) is 2.29. The van der Waals surface area contributed by atoms with Crippen LogP contribution in [0.15, 0.2) is 21.5 Å². The van der Waals surface area contributed by atoms with Crippen LogP contribution in [-0.4, -0.2) is 48.0 Å². The van der Waals surface area contributed by atoms with Crippen molar-refractivity contribution in [3.63, 3.8) is 0 Å². The molecule has 0 saturated carbocycles. The fraction of sp³-hybridized carbons (Fsp3) is 0.615. The maximum atomic E-state index is 11.6. The van der Waals surface area contributed by atoms with Crippen LogP contribution in [-0.2, 0) is 6.54 Å². The Bertz CT molecular complexity index is 472. The van der Waals surface area contributed by atoms with Crippen molar-refractivity contribution in [1.29, 1.82) is 0 Å². The molecule has 0 bridgehead atoms. The van der Waals surface area contributed by atoms with Crippen molar-refractivity contribution in [3.8, 4) is 5.75 Å². The number of β-amino-alcohol motifs (C(OH)–C–C–N with tert-alkyl or cyclic N) is 1. The summed E-state index contributed by atoms with van der Waals surface area (Å²) in [7, 11) is 1.42. The van der Waals surface area contributed by atoms with Crippen LogP contribution in [0.3, 0.4) is 0 Å². The van der Waals surface area contributed by atoms with Crippen LogP contribution < -0.4 is 10.2 Å². The first-order valence-electron chi connectivity index (χ1n) is 6.31. The Hall–Kier alpha value is -1.37. The van der Waals surface area contributed by atoms with Gasteiger partial charge in [-0.25, -0.2) is 0 Å². The molecule has 0 amide bonds. The predicted molar refractivity (Wildman–Crippen MR) is 68.0 cm³/mol. The highest BCUT2D eigenvalue weighted by Crippen LogP contribution is 2.19. The van der Waals surface area contributed by atoms with Gasteiger partial charge in [0.2, 0.25) is 11.2 Å². The summed E-state index contributed by atoms with van der Waals surface area (Å²) in [6.07, 6.45) is 1.50. The van der Waals surface area contributed by atoms with E-state index in [0.717, 1.165) is 13.0 Å². The maximum Gasteiger partial charge on any atom is 0.227 e. The van der Waals surface area contributed by atoms with Crippen molar-refractivity contribution in [2.75, 3.05) is 26.8 Å². The molecule has 1 aromatic heterocycles. The van der Waals surface area contributed by atoms with Crippen molar-refractivity contribution < 1.29 is 19.4 Å². The first-order valence-corrected chi connectivity index (χ1v) is 6.31. The highest BCUT2D eigenvalue weighted by molar-refractivity contribution is 5.17. The van der Waals surface area contributed by atoms with E-state index in [1.807, 2.05) is 4.90 Å². The summed E-state index contributed by atoms with van der Waals surface area (Å²) in [5, 5.41) is 18.9. The van der Waals surface area contributed by atoms with Gasteiger partial charge in [-0.2, -0.15) is 0 Å². The van der Waals surface area contributed by atoms with Crippen molar-refractivity contribution in [1.82, 2.24) is 4.90 Å². The molecule has 1 aliphatic rings. The van der Waals surface area contributed by atoms with Gasteiger partial charge in [-0.3, -0.25) is 9.69 Å².